The fraction of sp³-hybridized carbons (Fsp3) is 0.538. The molecule has 1 rings (SSSR count). The van der Waals surface area contributed by atoms with E-state index in [0.29, 0.717) is 24.5 Å². The van der Waals surface area contributed by atoms with Gasteiger partial charge in [0.2, 0.25) is 10.0 Å². The molecular formula is C13H21NO4S. The largest absolute Gasteiger partial charge is 0.493 e. The van der Waals surface area contributed by atoms with Crippen LogP contribution in [0.3, 0.4) is 0 Å². The maximum atomic E-state index is 11.6. The standard InChI is InChI=1S/C13H21NO4S/c1-10(2)19(15,16)14-8-7-11-5-6-12(17-3)13(9-11)18-4/h5-6,9-10,14H,7-8H2,1-4H3. The smallest absolute Gasteiger partial charge is 0.213 e. The zero-order valence-corrected chi connectivity index (χ0v) is 12.6. The summed E-state index contributed by atoms with van der Waals surface area (Å²) in [6.45, 7) is 3.67. The molecule has 108 valence electrons. The first kappa shape index (κ1) is 15.8. The van der Waals surface area contributed by atoms with E-state index in [4.69, 9.17) is 9.47 Å². The van der Waals surface area contributed by atoms with Crippen LogP contribution in [0.2, 0.25) is 0 Å². The topological polar surface area (TPSA) is 64.6 Å². The van der Waals surface area contributed by atoms with Gasteiger partial charge >= 0.3 is 0 Å². The van der Waals surface area contributed by atoms with E-state index in [1.54, 1.807) is 28.1 Å². The maximum absolute atomic E-state index is 11.6. The second-order valence-corrected chi connectivity index (χ2v) is 6.75. The molecule has 0 unspecified atom stereocenters. The first-order valence-corrected chi connectivity index (χ1v) is 7.64. The van der Waals surface area contributed by atoms with Gasteiger partial charge in [0.25, 0.3) is 0 Å². The minimum absolute atomic E-state index is 0.371. The number of methoxy groups -OCH3 is 2. The molecule has 0 radical (unpaired) electrons. The summed E-state index contributed by atoms with van der Waals surface area (Å²) >= 11 is 0. The van der Waals surface area contributed by atoms with Crippen molar-refractivity contribution in [3.8, 4) is 11.5 Å². The normalized spacial score (nSPS) is 11.6. The van der Waals surface area contributed by atoms with Gasteiger partial charge < -0.3 is 9.47 Å². The Hall–Kier alpha value is -1.27. The van der Waals surface area contributed by atoms with Crippen molar-refractivity contribution in [3.63, 3.8) is 0 Å². The number of hydrogen-bond donors (Lipinski definition) is 1. The summed E-state index contributed by atoms with van der Waals surface area (Å²) in [7, 11) is -0.0526. The summed E-state index contributed by atoms with van der Waals surface area (Å²) in [5.41, 5.74) is 0.990. The number of rotatable bonds is 7. The van der Waals surface area contributed by atoms with E-state index in [0.717, 1.165) is 5.56 Å². The van der Waals surface area contributed by atoms with Crippen LogP contribution in [0.5, 0.6) is 11.5 Å². The number of ether oxygens (including phenoxy) is 2. The van der Waals surface area contributed by atoms with Gasteiger partial charge in [-0.15, -0.1) is 0 Å². The molecule has 0 amide bonds. The molecule has 0 aromatic heterocycles. The van der Waals surface area contributed by atoms with Gasteiger partial charge in [0.15, 0.2) is 11.5 Å². The molecule has 5 nitrogen and oxygen atoms in total. The molecule has 6 heteroatoms. The molecule has 0 aliphatic heterocycles. The van der Waals surface area contributed by atoms with E-state index >= 15 is 0 Å². The van der Waals surface area contributed by atoms with Crippen LogP contribution in [0.25, 0.3) is 0 Å². The lowest BCUT2D eigenvalue weighted by molar-refractivity contribution is 0.354. The van der Waals surface area contributed by atoms with Gasteiger partial charge in [-0.2, -0.15) is 0 Å². The fourth-order valence-corrected chi connectivity index (χ4v) is 2.26. The zero-order valence-electron chi connectivity index (χ0n) is 11.8. The minimum atomic E-state index is -3.20. The van der Waals surface area contributed by atoms with E-state index < -0.39 is 15.3 Å². The van der Waals surface area contributed by atoms with Crippen molar-refractivity contribution in [2.75, 3.05) is 20.8 Å². The van der Waals surface area contributed by atoms with Gasteiger partial charge in [-0.05, 0) is 38.0 Å². The second kappa shape index (κ2) is 6.77. The van der Waals surface area contributed by atoms with Crippen molar-refractivity contribution in [1.82, 2.24) is 4.72 Å². The van der Waals surface area contributed by atoms with Crippen LogP contribution >= 0.6 is 0 Å². The summed E-state index contributed by atoms with van der Waals surface area (Å²) in [4.78, 5) is 0. The van der Waals surface area contributed by atoms with Gasteiger partial charge in [0.05, 0.1) is 19.5 Å². The molecule has 0 saturated carbocycles. The third-order valence-corrected chi connectivity index (χ3v) is 4.63. The van der Waals surface area contributed by atoms with Gasteiger partial charge in [-0.1, -0.05) is 6.07 Å². The molecule has 0 aliphatic rings. The summed E-state index contributed by atoms with van der Waals surface area (Å²) in [6.07, 6.45) is 0.603. The Bertz CT molecular complexity index is 511. The lowest BCUT2D eigenvalue weighted by Gasteiger charge is -2.11. The predicted molar refractivity (Wildman–Crippen MR) is 75.3 cm³/mol. The molecule has 1 aromatic carbocycles. The highest BCUT2D eigenvalue weighted by Gasteiger charge is 2.14. The van der Waals surface area contributed by atoms with Crippen molar-refractivity contribution in [1.29, 1.82) is 0 Å². The lowest BCUT2D eigenvalue weighted by Crippen LogP contribution is -2.32. The van der Waals surface area contributed by atoms with Crippen LogP contribution in [-0.4, -0.2) is 34.4 Å². The molecule has 1 aromatic rings. The van der Waals surface area contributed by atoms with E-state index in [2.05, 4.69) is 4.72 Å². The van der Waals surface area contributed by atoms with Crippen LogP contribution < -0.4 is 14.2 Å². The zero-order chi connectivity index (χ0) is 14.5. The van der Waals surface area contributed by atoms with Gasteiger partial charge in [0, 0.05) is 6.54 Å². The predicted octanol–water partition coefficient (Wildman–Crippen LogP) is 1.57. The van der Waals surface area contributed by atoms with Crippen LogP contribution in [0.4, 0.5) is 0 Å². The third kappa shape index (κ3) is 4.40. The molecular weight excluding hydrogens is 266 g/mol. The molecule has 19 heavy (non-hydrogen) atoms. The second-order valence-electron chi connectivity index (χ2n) is 4.43. The van der Waals surface area contributed by atoms with Crippen LogP contribution in [0.1, 0.15) is 19.4 Å². The van der Waals surface area contributed by atoms with Crippen LogP contribution in [0.15, 0.2) is 18.2 Å². The summed E-state index contributed by atoms with van der Waals surface area (Å²) in [5, 5.41) is -0.419. The van der Waals surface area contributed by atoms with E-state index in [1.165, 1.54) is 0 Å². The molecule has 1 N–H and O–H groups in total. The number of hydrogen-bond acceptors (Lipinski definition) is 4. The Morgan fingerprint density at radius 2 is 1.79 bits per heavy atom. The van der Waals surface area contributed by atoms with E-state index in [1.807, 2.05) is 18.2 Å². The summed E-state index contributed by atoms with van der Waals surface area (Å²) in [6, 6.07) is 5.55. The molecule has 0 bridgehead atoms. The average Bonchev–Trinajstić information content (AvgIpc) is 2.38. The van der Waals surface area contributed by atoms with E-state index in [9.17, 15) is 8.42 Å². The molecule has 0 heterocycles. The monoisotopic (exact) mass is 287 g/mol. The Balaban J connectivity index is 2.64. The number of nitrogens with one attached hydrogen (secondary N) is 1. The van der Waals surface area contributed by atoms with Gasteiger partial charge in [-0.25, -0.2) is 13.1 Å². The summed E-state index contributed by atoms with van der Waals surface area (Å²) in [5.74, 6) is 1.31. The molecule has 0 fully saturated rings. The molecule has 0 saturated heterocycles. The van der Waals surface area contributed by atoms with E-state index in [-0.39, 0.29) is 0 Å². The molecule has 0 atom stereocenters. The van der Waals surface area contributed by atoms with Crippen LogP contribution in [-0.2, 0) is 16.4 Å². The fourth-order valence-electron chi connectivity index (χ4n) is 1.54. The van der Waals surface area contributed by atoms with Crippen molar-refractivity contribution in [3.05, 3.63) is 23.8 Å². The van der Waals surface area contributed by atoms with Gasteiger partial charge in [0.1, 0.15) is 0 Å². The van der Waals surface area contributed by atoms with Crippen molar-refractivity contribution in [2.24, 2.45) is 0 Å². The number of sulfonamides is 1. The first-order chi connectivity index (χ1) is 8.90. The van der Waals surface area contributed by atoms with Gasteiger partial charge in [-0.3, -0.25) is 0 Å². The minimum Gasteiger partial charge on any atom is -0.493 e. The third-order valence-electron chi connectivity index (χ3n) is 2.79. The number of benzene rings is 1. The Morgan fingerprint density at radius 3 is 2.32 bits per heavy atom. The summed E-state index contributed by atoms with van der Waals surface area (Å²) < 4.78 is 36.1. The van der Waals surface area contributed by atoms with Crippen LogP contribution in [0, 0.1) is 0 Å². The van der Waals surface area contributed by atoms with Crippen molar-refractivity contribution in [2.45, 2.75) is 25.5 Å². The maximum Gasteiger partial charge on any atom is 0.213 e. The average molecular weight is 287 g/mol. The Labute approximate surface area is 115 Å². The van der Waals surface area contributed by atoms with Crippen molar-refractivity contribution >= 4 is 10.0 Å². The Kier molecular flexibility index (Phi) is 5.62. The molecule has 0 aliphatic carbocycles. The highest BCUT2D eigenvalue weighted by atomic mass is 32.2. The Morgan fingerprint density at radius 1 is 1.16 bits per heavy atom. The first-order valence-electron chi connectivity index (χ1n) is 6.10. The quantitative estimate of drug-likeness (QED) is 0.827. The highest BCUT2D eigenvalue weighted by Crippen LogP contribution is 2.27. The van der Waals surface area contributed by atoms with Crippen molar-refractivity contribution < 1.29 is 17.9 Å². The highest BCUT2D eigenvalue weighted by molar-refractivity contribution is 7.90. The SMILES string of the molecule is COc1ccc(CCNS(=O)(=O)C(C)C)cc1OC. The lowest BCUT2D eigenvalue weighted by atomic mass is 10.1. The molecule has 0 spiro atoms.